The number of aromatic nitrogens is 1. The maximum atomic E-state index is 6.25. The van der Waals surface area contributed by atoms with E-state index in [-0.39, 0.29) is 6.04 Å². The number of benzene rings is 1. The Morgan fingerprint density at radius 2 is 2.05 bits per heavy atom. The van der Waals surface area contributed by atoms with Crippen LogP contribution in [0.3, 0.4) is 0 Å². The van der Waals surface area contributed by atoms with Gasteiger partial charge in [-0.3, -0.25) is 0 Å². The first-order valence-electron chi connectivity index (χ1n) is 5.98. The van der Waals surface area contributed by atoms with E-state index in [2.05, 4.69) is 10.3 Å². The van der Waals surface area contributed by atoms with E-state index < -0.39 is 0 Å². The lowest BCUT2D eigenvalue weighted by Gasteiger charge is -2.21. The van der Waals surface area contributed by atoms with Crippen LogP contribution in [0.15, 0.2) is 23.0 Å². The van der Waals surface area contributed by atoms with Crippen LogP contribution in [-0.4, -0.2) is 18.2 Å². The lowest BCUT2D eigenvalue weighted by molar-refractivity contribution is 0.171. The molecule has 1 aromatic carbocycles. The van der Waals surface area contributed by atoms with E-state index in [4.69, 9.17) is 21.1 Å². The predicted molar refractivity (Wildman–Crippen MR) is 76.6 cm³/mol. The average Bonchev–Trinajstić information content (AvgIpc) is 2.93. The summed E-state index contributed by atoms with van der Waals surface area (Å²) >= 11 is 7.83. The van der Waals surface area contributed by atoms with Crippen LogP contribution in [0.2, 0.25) is 5.02 Å². The number of halogens is 1. The van der Waals surface area contributed by atoms with E-state index in [0.717, 1.165) is 17.1 Å². The van der Waals surface area contributed by atoms with Crippen molar-refractivity contribution in [2.24, 2.45) is 0 Å². The van der Waals surface area contributed by atoms with Gasteiger partial charge in [0, 0.05) is 17.5 Å². The molecule has 0 saturated carbocycles. The molecule has 0 radical (unpaired) electrons. The van der Waals surface area contributed by atoms with Crippen molar-refractivity contribution in [1.82, 2.24) is 4.98 Å². The summed E-state index contributed by atoms with van der Waals surface area (Å²) in [6, 6.07) is 3.75. The Balaban J connectivity index is 1.84. The van der Waals surface area contributed by atoms with Crippen LogP contribution in [0.1, 0.15) is 18.7 Å². The molecule has 2 aromatic rings. The molecule has 2 heterocycles. The third kappa shape index (κ3) is 2.62. The maximum absolute atomic E-state index is 6.25. The van der Waals surface area contributed by atoms with Gasteiger partial charge in [0.15, 0.2) is 11.5 Å². The van der Waals surface area contributed by atoms with Crippen molar-refractivity contribution >= 4 is 28.6 Å². The van der Waals surface area contributed by atoms with Crippen molar-refractivity contribution in [1.29, 1.82) is 0 Å². The van der Waals surface area contributed by atoms with E-state index in [9.17, 15) is 0 Å². The Hall–Kier alpha value is -1.46. The van der Waals surface area contributed by atoms with Crippen LogP contribution in [0.5, 0.6) is 11.5 Å². The van der Waals surface area contributed by atoms with Crippen LogP contribution in [0, 0.1) is 0 Å². The Morgan fingerprint density at radius 1 is 1.32 bits per heavy atom. The molecule has 0 spiro atoms. The summed E-state index contributed by atoms with van der Waals surface area (Å²) in [6.07, 6.45) is 0. The highest BCUT2D eigenvalue weighted by Gasteiger charge is 2.16. The monoisotopic (exact) mass is 296 g/mol. The number of thiazole rings is 1. The summed E-state index contributed by atoms with van der Waals surface area (Å²) in [7, 11) is 0. The van der Waals surface area contributed by atoms with Gasteiger partial charge >= 0.3 is 0 Å². The van der Waals surface area contributed by atoms with E-state index >= 15 is 0 Å². The third-order valence-electron chi connectivity index (χ3n) is 2.90. The SMILES string of the molecule is CC(Nc1cc2c(cc1Cl)OCCO2)c1cscn1. The number of hydrogen-bond donors (Lipinski definition) is 1. The second-order valence-corrected chi connectivity index (χ2v) is 5.38. The molecule has 1 aliphatic heterocycles. The molecule has 0 saturated heterocycles. The Labute approximate surface area is 120 Å². The van der Waals surface area contributed by atoms with Crippen LogP contribution in [0.25, 0.3) is 0 Å². The summed E-state index contributed by atoms with van der Waals surface area (Å²) in [6.45, 7) is 3.17. The van der Waals surface area contributed by atoms with Gasteiger partial charge in [-0.15, -0.1) is 11.3 Å². The molecule has 1 atom stereocenters. The number of hydrogen-bond acceptors (Lipinski definition) is 5. The van der Waals surface area contributed by atoms with Gasteiger partial charge in [0.2, 0.25) is 0 Å². The summed E-state index contributed by atoms with van der Waals surface area (Å²) in [5.41, 5.74) is 3.64. The van der Waals surface area contributed by atoms with E-state index in [1.165, 1.54) is 0 Å². The molecule has 6 heteroatoms. The number of rotatable bonds is 3. The number of nitrogens with one attached hydrogen (secondary N) is 1. The van der Waals surface area contributed by atoms with Gasteiger partial charge in [0.25, 0.3) is 0 Å². The first kappa shape index (κ1) is 12.6. The molecular weight excluding hydrogens is 284 g/mol. The molecule has 100 valence electrons. The van der Waals surface area contributed by atoms with E-state index in [1.807, 2.05) is 23.9 Å². The average molecular weight is 297 g/mol. The largest absolute Gasteiger partial charge is 0.486 e. The van der Waals surface area contributed by atoms with Crippen molar-refractivity contribution in [3.63, 3.8) is 0 Å². The molecule has 0 bridgehead atoms. The topological polar surface area (TPSA) is 43.4 Å². The molecule has 0 aliphatic carbocycles. The Kier molecular flexibility index (Phi) is 3.48. The van der Waals surface area contributed by atoms with Crippen LogP contribution < -0.4 is 14.8 Å². The fourth-order valence-electron chi connectivity index (χ4n) is 1.92. The van der Waals surface area contributed by atoms with E-state index in [1.54, 1.807) is 17.4 Å². The minimum atomic E-state index is 0.0892. The highest BCUT2D eigenvalue weighted by atomic mass is 35.5. The minimum absolute atomic E-state index is 0.0892. The number of ether oxygens (including phenoxy) is 2. The van der Waals surface area contributed by atoms with Gasteiger partial charge in [0.05, 0.1) is 28.0 Å². The zero-order chi connectivity index (χ0) is 13.2. The highest BCUT2D eigenvalue weighted by molar-refractivity contribution is 7.07. The zero-order valence-electron chi connectivity index (χ0n) is 10.4. The van der Waals surface area contributed by atoms with Gasteiger partial charge in [0.1, 0.15) is 13.2 Å². The van der Waals surface area contributed by atoms with Crippen LogP contribution in [0.4, 0.5) is 5.69 Å². The molecule has 1 aromatic heterocycles. The molecular formula is C13H13ClN2O2S. The minimum Gasteiger partial charge on any atom is -0.486 e. The summed E-state index contributed by atoms with van der Waals surface area (Å²) in [5.74, 6) is 1.42. The molecule has 3 rings (SSSR count). The normalized spacial score (nSPS) is 15.1. The van der Waals surface area contributed by atoms with Gasteiger partial charge in [-0.2, -0.15) is 0 Å². The smallest absolute Gasteiger partial charge is 0.163 e. The zero-order valence-corrected chi connectivity index (χ0v) is 11.9. The first-order valence-corrected chi connectivity index (χ1v) is 7.30. The molecule has 1 N–H and O–H groups in total. The number of anilines is 1. The van der Waals surface area contributed by atoms with Crippen molar-refractivity contribution in [2.45, 2.75) is 13.0 Å². The first-order chi connectivity index (χ1) is 9.24. The van der Waals surface area contributed by atoms with Crippen molar-refractivity contribution in [3.8, 4) is 11.5 Å². The molecule has 1 unspecified atom stereocenters. The van der Waals surface area contributed by atoms with Crippen molar-refractivity contribution < 1.29 is 9.47 Å². The van der Waals surface area contributed by atoms with Crippen LogP contribution >= 0.6 is 22.9 Å². The predicted octanol–water partition coefficient (Wildman–Crippen LogP) is 3.74. The van der Waals surface area contributed by atoms with Gasteiger partial charge in [-0.1, -0.05) is 11.6 Å². The lowest BCUT2D eigenvalue weighted by Crippen LogP contribution is -2.16. The summed E-state index contributed by atoms with van der Waals surface area (Å²) in [5, 5.41) is 5.97. The van der Waals surface area contributed by atoms with Crippen molar-refractivity contribution in [3.05, 3.63) is 33.7 Å². The molecule has 4 nitrogen and oxygen atoms in total. The van der Waals surface area contributed by atoms with Crippen LogP contribution in [-0.2, 0) is 0 Å². The third-order valence-corrected chi connectivity index (χ3v) is 3.82. The Bertz CT molecular complexity index is 574. The number of fused-ring (bicyclic) bond motifs is 1. The molecule has 19 heavy (non-hydrogen) atoms. The fraction of sp³-hybridized carbons (Fsp3) is 0.308. The maximum Gasteiger partial charge on any atom is 0.163 e. The quantitative estimate of drug-likeness (QED) is 0.937. The second-order valence-electron chi connectivity index (χ2n) is 4.26. The fourth-order valence-corrected chi connectivity index (χ4v) is 2.77. The number of nitrogens with zero attached hydrogens (tertiary/aromatic N) is 1. The Morgan fingerprint density at radius 3 is 2.74 bits per heavy atom. The molecule has 1 aliphatic rings. The summed E-state index contributed by atoms with van der Waals surface area (Å²) in [4.78, 5) is 4.29. The van der Waals surface area contributed by atoms with Gasteiger partial charge < -0.3 is 14.8 Å². The standard InChI is InChI=1S/C13H13ClN2O2S/c1-8(11-6-19-7-15-11)16-10-5-13-12(4-9(10)14)17-2-3-18-13/h4-8,16H,2-3H2,1H3. The van der Waals surface area contributed by atoms with E-state index in [0.29, 0.717) is 24.0 Å². The van der Waals surface area contributed by atoms with Gasteiger partial charge in [-0.25, -0.2) is 4.98 Å². The summed E-state index contributed by atoms with van der Waals surface area (Å²) < 4.78 is 11.0. The molecule has 0 fully saturated rings. The van der Waals surface area contributed by atoms with Crippen molar-refractivity contribution in [2.75, 3.05) is 18.5 Å². The van der Waals surface area contributed by atoms with Gasteiger partial charge in [-0.05, 0) is 6.92 Å². The second kappa shape index (κ2) is 5.27. The molecule has 0 amide bonds. The lowest BCUT2D eigenvalue weighted by atomic mass is 10.2. The highest BCUT2D eigenvalue weighted by Crippen LogP contribution is 2.39.